The number of carbonyl (C=O) groups excluding carboxylic acids is 1. The van der Waals surface area contributed by atoms with Crippen LogP contribution in [0.1, 0.15) is 17.7 Å². The fourth-order valence-electron chi connectivity index (χ4n) is 1.54. The van der Waals surface area contributed by atoms with Gasteiger partial charge in [-0.15, -0.1) is 18.5 Å². The predicted octanol–water partition coefficient (Wildman–Crippen LogP) is 1.47. The number of pyridine rings is 1. The summed E-state index contributed by atoms with van der Waals surface area (Å²) in [6, 6.07) is 3.94. The van der Waals surface area contributed by atoms with Gasteiger partial charge in [0, 0.05) is 11.1 Å². The molecule has 1 N–H and O–H groups in total. The summed E-state index contributed by atoms with van der Waals surface area (Å²) in [6.45, 7) is 2.51. The van der Waals surface area contributed by atoms with Gasteiger partial charge in [-0.25, -0.2) is 0 Å². The van der Waals surface area contributed by atoms with Gasteiger partial charge in [-0.1, -0.05) is 6.07 Å². The third-order valence-corrected chi connectivity index (χ3v) is 4.06. The molecule has 1 aromatic heterocycles. The summed E-state index contributed by atoms with van der Waals surface area (Å²) in [6.07, 6.45) is 2.74. The van der Waals surface area contributed by atoms with Gasteiger partial charge in [-0.05, 0) is 25.0 Å². The Bertz CT molecular complexity index is 403. The molecule has 3 atom stereocenters. The number of nitrogens with zero attached hydrogens (tertiary/aromatic N) is 1. The maximum absolute atomic E-state index is 11.7. The molecular formula is C11H16N2OP2. The monoisotopic (exact) mass is 254 g/mol. The van der Waals surface area contributed by atoms with E-state index in [-0.39, 0.29) is 16.7 Å². The highest BCUT2D eigenvalue weighted by Crippen LogP contribution is 2.56. The number of carbonyl (C=O) groups is 1. The van der Waals surface area contributed by atoms with Crippen molar-refractivity contribution >= 4 is 24.4 Å². The van der Waals surface area contributed by atoms with Crippen LogP contribution in [0.4, 0.5) is 0 Å². The number of nitrogens with one attached hydrogen (secondary N) is 1. The van der Waals surface area contributed by atoms with E-state index in [9.17, 15) is 4.79 Å². The van der Waals surface area contributed by atoms with Crippen molar-refractivity contribution in [3.63, 3.8) is 0 Å². The standard InChI is InChI=1S/C11H16N2OP2/c1-7-2-3-8(12-5-7)6-13-10(14)9-4-11(9,15)16/h2-3,5,9H,4,6,15-16H2,1H3,(H,13,14). The number of aromatic nitrogens is 1. The smallest absolute Gasteiger partial charge is 0.224 e. The quantitative estimate of drug-likeness (QED) is 0.830. The molecule has 3 nitrogen and oxygen atoms in total. The molecule has 2 rings (SSSR count). The Hall–Kier alpha value is -0.520. The first-order chi connectivity index (χ1) is 7.49. The van der Waals surface area contributed by atoms with E-state index in [0.717, 1.165) is 17.7 Å². The fraction of sp³-hybridized carbons (Fsp3) is 0.455. The Kier molecular flexibility index (Phi) is 3.28. The Morgan fingerprint density at radius 1 is 1.62 bits per heavy atom. The molecule has 3 unspecified atom stereocenters. The number of aryl methyl sites for hydroxylation is 1. The van der Waals surface area contributed by atoms with Crippen LogP contribution in [0.3, 0.4) is 0 Å². The lowest BCUT2D eigenvalue weighted by Crippen LogP contribution is -2.26. The number of hydrogen-bond donors (Lipinski definition) is 1. The fourth-order valence-corrected chi connectivity index (χ4v) is 2.31. The van der Waals surface area contributed by atoms with Crippen LogP contribution in [0.2, 0.25) is 0 Å². The average Bonchev–Trinajstić information content (AvgIpc) is 2.87. The average molecular weight is 254 g/mol. The molecule has 1 aliphatic rings. The Labute approximate surface area is 100 Å². The molecule has 1 aliphatic carbocycles. The van der Waals surface area contributed by atoms with Gasteiger partial charge in [0.15, 0.2) is 0 Å². The minimum Gasteiger partial charge on any atom is -0.350 e. The van der Waals surface area contributed by atoms with Crippen molar-refractivity contribution in [2.75, 3.05) is 0 Å². The number of rotatable bonds is 3. The molecule has 5 heteroatoms. The van der Waals surface area contributed by atoms with Gasteiger partial charge in [-0.2, -0.15) is 0 Å². The van der Waals surface area contributed by atoms with Gasteiger partial charge >= 0.3 is 0 Å². The van der Waals surface area contributed by atoms with Crippen molar-refractivity contribution in [3.05, 3.63) is 29.6 Å². The van der Waals surface area contributed by atoms with E-state index in [1.54, 1.807) is 0 Å². The Balaban J connectivity index is 1.84. The van der Waals surface area contributed by atoms with Gasteiger partial charge in [-0.3, -0.25) is 9.78 Å². The van der Waals surface area contributed by atoms with Crippen LogP contribution in [0, 0.1) is 12.8 Å². The topological polar surface area (TPSA) is 42.0 Å². The molecule has 0 bridgehead atoms. The summed E-state index contributed by atoms with van der Waals surface area (Å²) in [7, 11) is 5.41. The highest BCUT2D eigenvalue weighted by molar-refractivity contribution is 7.41. The molecule has 1 amide bonds. The maximum Gasteiger partial charge on any atom is 0.224 e. The minimum absolute atomic E-state index is 0.0325. The molecule has 86 valence electrons. The molecule has 0 spiro atoms. The molecular weight excluding hydrogens is 238 g/mol. The van der Waals surface area contributed by atoms with Crippen molar-refractivity contribution < 1.29 is 4.79 Å². The van der Waals surface area contributed by atoms with Gasteiger partial charge in [0.2, 0.25) is 5.91 Å². The molecule has 1 heterocycles. The normalized spacial score (nSPS) is 21.6. The summed E-state index contributed by atoms with van der Waals surface area (Å²) in [4.78, 5) is 16.0. The lowest BCUT2D eigenvalue weighted by atomic mass is 10.2. The summed E-state index contributed by atoms with van der Waals surface area (Å²) in [5.74, 6) is 0.236. The maximum atomic E-state index is 11.7. The number of amides is 1. The van der Waals surface area contributed by atoms with Gasteiger partial charge in [0.1, 0.15) is 0 Å². The number of hydrogen-bond acceptors (Lipinski definition) is 2. The summed E-state index contributed by atoms with van der Waals surface area (Å²) < 4.78 is 0. The van der Waals surface area contributed by atoms with Gasteiger partial charge < -0.3 is 5.32 Å². The molecule has 0 radical (unpaired) electrons. The van der Waals surface area contributed by atoms with E-state index >= 15 is 0 Å². The Morgan fingerprint density at radius 2 is 2.31 bits per heavy atom. The van der Waals surface area contributed by atoms with E-state index in [1.807, 2.05) is 25.3 Å². The second-order valence-electron chi connectivity index (χ2n) is 4.41. The first kappa shape index (κ1) is 12.0. The minimum atomic E-state index is 0.0325. The molecule has 1 saturated carbocycles. The van der Waals surface area contributed by atoms with Crippen molar-refractivity contribution in [3.8, 4) is 0 Å². The van der Waals surface area contributed by atoms with E-state index in [1.165, 1.54) is 0 Å². The first-order valence-electron chi connectivity index (χ1n) is 5.26. The summed E-state index contributed by atoms with van der Waals surface area (Å²) in [5, 5.41) is 2.91. The van der Waals surface area contributed by atoms with Crippen LogP contribution in [-0.2, 0) is 11.3 Å². The SMILES string of the molecule is Cc1ccc(CNC(=O)C2CC2(P)P)nc1. The van der Waals surface area contributed by atoms with Crippen molar-refractivity contribution in [2.24, 2.45) is 5.92 Å². The third-order valence-electron chi connectivity index (χ3n) is 2.78. The van der Waals surface area contributed by atoms with Crippen LogP contribution in [0.15, 0.2) is 18.3 Å². The van der Waals surface area contributed by atoms with Crippen LogP contribution in [0.25, 0.3) is 0 Å². The predicted molar refractivity (Wildman–Crippen MR) is 71.1 cm³/mol. The van der Waals surface area contributed by atoms with E-state index in [0.29, 0.717) is 6.54 Å². The second kappa shape index (κ2) is 4.39. The zero-order valence-corrected chi connectivity index (χ0v) is 11.5. The molecule has 0 aromatic carbocycles. The van der Waals surface area contributed by atoms with Gasteiger partial charge in [0.05, 0.1) is 18.2 Å². The van der Waals surface area contributed by atoms with Crippen LogP contribution >= 0.6 is 18.5 Å². The molecule has 16 heavy (non-hydrogen) atoms. The van der Waals surface area contributed by atoms with Crippen molar-refractivity contribution in [2.45, 2.75) is 24.8 Å². The lowest BCUT2D eigenvalue weighted by molar-refractivity contribution is -0.122. The zero-order valence-electron chi connectivity index (χ0n) is 9.23. The van der Waals surface area contributed by atoms with Crippen molar-refractivity contribution in [1.29, 1.82) is 0 Å². The first-order valence-corrected chi connectivity index (χ1v) is 6.41. The summed E-state index contributed by atoms with van der Waals surface area (Å²) in [5.41, 5.74) is 2.03. The molecule has 1 fully saturated rings. The zero-order chi connectivity index (χ0) is 11.8. The van der Waals surface area contributed by atoms with Crippen LogP contribution in [0.5, 0.6) is 0 Å². The van der Waals surface area contributed by atoms with E-state index in [4.69, 9.17) is 0 Å². The largest absolute Gasteiger partial charge is 0.350 e. The summed E-state index contributed by atoms with van der Waals surface area (Å²) >= 11 is 0. The van der Waals surface area contributed by atoms with Crippen LogP contribution in [-0.4, -0.2) is 15.8 Å². The van der Waals surface area contributed by atoms with Gasteiger partial charge in [0.25, 0.3) is 0 Å². The van der Waals surface area contributed by atoms with Crippen molar-refractivity contribution in [1.82, 2.24) is 10.3 Å². The molecule has 0 saturated heterocycles. The van der Waals surface area contributed by atoms with E-state index < -0.39 is 0 Å². The molecule has 0 aliphatic heterocycles. The second-order valence-corrected chi connectivity index (χ2v) is 7.23. The highest BCUT2D eigenvalue weighted by Gasteiger charge is 2.51. The van der Waals surface area contributed by atoms with Crippen LogP contribution < -0.4 is 5.32 Å². The Morgan fingerprint density at radius 3 is 2.81 bits per heavy atom. The highest BCUT2D eigenvalue weighted by atomic mass is 31.1. The molecule has 1 aromatic rings. The lowest BCUT2D eigenvalue weighted by Gasteiger charge is -2.06. The third kappa shape index (κ3) is 2.78. The van der Waals surface area contributed by atoms with E-state index in [2.05, 4.69) is 28.8 Å².